The Morgan fingerprint density at radius 2 is 1.84 bits per heavy atom. The lowest BCUT2D eigenvalue weighted by Crippen LogP contribution is -2.58. The van der Waals surface area contributed by atoms with E-state index >= 15 is 0 Å². The van der Waals surface area contributed by atoms with Gasteiger partial charge in [0.25, 0.3) is 5.91 Å². The Bertz CT molecular complexity index is 1060. The standard InChI is InChI=1S/C29H41N3O5S/c1-6-16-31(20-12-10-19(11-13-20)30(8-3)9-4)27(35)25-29-15-14-22(38-29)23(28(36)37)24(29)26(34)32(25)21(17-33)18(5)7-2/h6,10-13,18,21-25,33H,1,7-9,14-17H2,2-5H3,(H,36,37)/t18-,21-,22-,23+,24-,25?,29?/m0/s1. The SMILES string of the molecule is C=CCN(C(=O)C1N([C@@H](CO)[C@@H](C)CC)C(=O)[C@@H]2[C@H](C(=O)O)[C@@H]3CCC12S3)c1ccc(N(CC)CC)cc1. The van der Waals surface area contributed by atoms with Gasteiger partial charge in [-0.05, 0) is 56.9 Å². The molecule has 0 radical (unpaired) electrons. The van der Waals surface area contributed by atoms with Crippen LogP contribution in [0.15, 0.2) is 36.9 Å². The highest BCUT2D eigenvalue weighted by Crippen LogP contribution is 2.67. The summed E-state index contributed by atoms with van der Waals surface area (Å²) in [4.78, 5) is 46.5. The predicted octanol–water partition coefficient (Wildman–Crippen LogP) is 3.63. The number of benzene rings is 1. The number of carboxylic acid groups (broad SMARTS) is 1. The second-order valence-electron chi connectivity index (χ2n) is 10.7. The number of rotatable bonds is 12. The van der Waals surface area contributed by atoms with Gasteiger partial charge in [-0.2, -0.15) is 0 Å². The number of fused-ring (bicyclic) bond motifs is 1. The van der Waals surface area contributed by atoms with E-state index in [0.29, 0.717) is 18.5 Å². The largest absolute Gasteiger partial charge is 0.481 e. The highest BCUT2D eigenvalue weighted by molar-refractivity contribution is 8.02. The lowest BCUT2D eigenvalue weighted by atomic mass is 9.71. The van der Waals surface area contributed by atoms with Crippen LogP contribution in [0.4, 0.5) is 11.4 Å². The normalized spacial score (nSPS) is 29.2. The summed E-state index contributed by atoms with van der Waals surface area (Å²) in [5, 5.41) is 20.3. The predicted molar refractivity (Wildman–Crippen MR) is 151 cm³/mol. The molecule has 1 aromatic rings. The van der Waals surface area contributed by atoms with Crippen molar-refractivity contribution in [3.63, 3.8) is 0 Å². The van der Waals surface area contributed by atoms with Gasteiger partial charge in [0.1, 0.15) is 6.04 Å². The number of carbonyl (C=O) groups excluding carboxylic acids is 2. The maximum absolute atomic E-state index is 14.6. The minimum Gasteiger partial charge on any atom is -0.481 e. The average molecular weight is 544 g/mol. The number of aliphatic hydroxyl groups is 1. The van der Waals surface area contributed by atoms with Crippen molar-refractivity contribution in [3.05, 3.63) is 36.9 Å². The van der Waals surface area contributed by atoms with Crippen molar-refractivity contribution < 1.29 is 24.6 Å². The fraction of sp³-hybridized carbons (Fsp3) is 0.621. The summed E-state index contributed by atoms with van der Waals surface area (Å²) in [7, 11) is 0. The fourth-order valence-corrected chi connectivity index (χ4v) is 9.05. The third-order valence-electron chi connectivity index (χ3n) is 8.97. The van der Waals surface area contributed by atoms with Gasteiger partial charge in [0, 0.05) is 36.3 Å². The average Bonchev–Trinajstić information content (AvgIpc) is 3.56. The van der Waals surface area contributed by atoms with Crippen LogP contribution in [0.3, 0.4) is 0 Å². The number of carbonyl (C=O) groups is 3. The number of nitrogens with zero attached hydrogens (tertiary/aromatic N) is 3. The Balaban J connectivity index is 1.79. The third kappa shape index (κ3) is 4.41. The van der Waals surface area contributed by atoms with Gasteiger partial charge in [-0.25, -0.2) is 0 Å². The molecular formula is C29H41N3O5S. The van der Waals surface area contributed by atoms with Gasteiger partial charge in [0.15, 0.2) is 0 Å². The number of aliphatic hydroxyl groups excluding tert-OH is 1. The molecule has 1 aromatic carbocycles. The summed E-state index contributed by atoms with van der Waals surface area (Å²) in [5.74, 6) is -3.17. The molecule has 9 heteroatoms. The maximum atomic E-state index is 14.6. The topological polar surface area (TPSA) is 101 Å². The number of aliphatic carboxylic acids is 1. The lowest BCUT2D eigenvalue weighted by Gasteiger charge is -2.41. The number of hydrogen-bond donors (Lipinski definition) is 2. The van der Waals surface area contributed by atoms with E-state index in [4.69, 9.17) is 0 Å². The summed E-state index contributed by atoms with van der Waals surface area (Å²) in [6.45, 7) is 13.7. The minimum absolute atomic E-state index is 0.0545. The molecule has 208 valence electrons. The van der Waals surface area contributed by atoms with Crippen LogP contribution in [0.1, 0.15) is 47.0 Å². The van der Waals surface area contributed by atoms with E-state index in [1.165, 1.54) is 11.8 Å². The van der Waals surface area contributed by atoms with Gasteiger partial charge in [-0.3, -0.25) is 14.4 Å². The molecule has 3 aliphatic heterocycles. The zero-order chi connectivity index (χ0) is 27.8. The van der Waals surface area contributed by atoms with E-state index in [9.17, 15) is 24.6 Å². The Morgan fingerprint density at radius 3 is 2.37 bits per heavy atom. The smallest absolute Gasteiger partial charge is 0.308 e. The first-order valence-electron chi connectivity index (χ1n) is 13.8. The van der Waals surface area contributed by atoms with Crippen LogP contribution < -0.4 is 9.80 Å². The second-order valence-corrected chi connectivity index (χ2v) is 12.3. The van der Waals surface area contributed by atoms with E-state index < -0.39 is 34.6 Å². The molecule has 4 rings (SSSR count). The molecule has 2 unspecified atom stereocenters. The monoisotopic (exact) mass is 543 g/mol. The van der Waals surface area contributed by atoms with Crippen molar-refractivity contribution in [3.8, 4) is 0 Å². The minimum atomic E-state index is -0.977. The molecule has 7 atom stereocenters. The number of thioether (sulfide) groups is 1. The van der Waals surface area contributed by atoms with E-state index in [-0.39, 0.29) is 36.1 Å². The summed E-state index contributed by atoms with van der Waals surface area (Å²) in [5.41, 5.74) is 1.77. The first-order valence-corrected chi connectivity index (χ1v) is 14.7. The van der Waals surface area contributed by atoms with Crippen LogP contribution in [0, 0.1) is 17.8 Å². The molecule has 3 fully saturated rings. The van der Waals surface area contributed by atoms with Gasteiger partial charge in [0.05, 0.1) is 29.2 Å². The molecule has 2 bridgehead atoms. The molecule has 3 heterocycles. The van der Waals surface area contributed by atoms with Gasteiger partial charge in [-0.15, -0.1) is 18.3 Å². The molecule has 2 amide bonds. The highest BCUT2D eigenvalue weighted by atomic mass is 32.2. The molecular weight excluding hydrogens is 502 g/mol. The number of amides is 2. The molecule has 38 heavy (non-hydrogen) atoms. The van der Waals surface area contributed by atoms with Gasteiger partial charge >= 0.3 is 5.97 Å². The Hall–Kier alpha value is -2.52. The van der Waals surface area contributed by atoms with Crippen LogP contribution in [0.25, 0.3) is 0 Å². The zero-order valence-electron chi connectivity index (χ0n) is 22.9. The first-order chi connectivity index (χ1) is 18.2. The summed E-state index contributed by atoms with van der Waals surface area (Å²) in [6, 6.07) is 6.41. The van der Waals surface area contributed by atoms with Crippen molar-refractivity contribution in [2.45, 2.75) is 69.0 Å². The highest BCUT2D eigenvalue weighted by Gasteiger charge is 2.74. The molecule has 8 nitrogen and oxygen atoms in total. The lowest BCUT2D eigenvalue weighted by molar-refractivity contribution is -0.149. The number of hydrogen-bond acceptors (Lipinski definition) is 6. The van der Waals surface area contributed by atoms with Gasteiger partial charge in [-0.1, -0.05) is 26.3 Å². The van der Waals surface area contributed by atoms with Crippen LogP contribution in [-0.2, 0) is 14.4 Å². The first kappa shape index (κ1) is 28.5. The van der Waals surface area contributed by atoms with E-state index in [2.05, 4.69) is 25.3 Å². The van der Waals surface area contributed by atoms with Crippen LogP contribution in [0.5, 0.6) is 0 Å². The van der Waals surface area contributed by atoms with Crippen molar-refractivity contribution >= 4 is 40.9 Å². The summed E-state index contributed by atoms with van der Waals surface area (Å²) >= 11 is 1.52. The zero-order valence-corrected chi connectivity index (χ0v) is 23.7. The number of likely N-dealkylation sites (tertiary alicyclic amines) is 1. The van der Waals surface area contributed by atoms with Gasteiger partial charge in [0.2, 0.25) is 5.91 Å². The third-order valence-corrected chi connectivity index (χ3v) is 10.9. The summed E-state index contributed by atoms with van der Waals surface area (Å²) < 4.78 is -0.816. The molecule has 0 saturated carbocycles. The van der Waals surface area contributed by atoms with Crippen LogP contribution >= 0.6 is 11.8 Å². The van der Waals surface area contributed by atoms with Crippen LogP contribution in [0.2, 0.25) is 0 Å². The maximum Gasteiger partial charge on any atom is 0.308 e. The van der Waals surface area contributed by atoms with E-state index in [1.807, 2.05) is 38.1 Å². The molecule has 2 N–H and O–H groups in total. The molecule has 1 spiro atoms. The molecule has 3 saturated heterocycles. The Labute approximate surface area is 230 Å². The van der Waals surface area contributed by atoms with Crippen molar-refractivity contribution in [2.24, 2.45) is 17.8 Å². The van der Waals surface area contributed by atoms with Crippen molar-refractivity contribution in [1.82, 2.24) is 4.90 Å². The van der Waals surface area contributed by atoms with Crippen LogP contribution in [-0.4, -0.2) is 81.2 Å². The quantitative estimate of drug-likeness (QED) is 0.388. The van der Waals surface area contributed by atoms with E-state index in [1.54, 1.807) is 15.9 Å². The van der Waals surface area contributed by atoms with Crippen molar-refractivity contribution in [1.29, 1.82) is 0 Å². The molecule has 0 aliphatic carbocycles. The molecule has 3 aliphatic rings. The second kappa shape index (κ2) is 11.3. The van der Waals surface area contributed by atoms with E-state index in [0.717, 1.165) is 25.2 Å². The number of anilines is 2. The fourth-order valence-electron chi connectivity index (χ4n) is 6.86. The Morgan fingerprint density at radius 1 is 1.21 bits per heavy atom. The molecule has 0 aromatic heterocycles. The Kier molecular flexibility index (Phi) is 8.47. The number of carboxylic acids is 1. The van der Waals surface area contributed by atoms with Crippen molar-refractivity contribution in [2.75, 3.05) is 36.0 Å². The summed E-state index contributed by atoms with van der Waals surface area (Å²) in [6.07, 6.45) is 3.66. The van der Waals surface area contributed by atoms with Gasteiger partial charge < -0.3 is 24.9 Å².